The van der Waals surface area contributed by atoms with Gasteiger partial charge in [0.1, 0.15) is 6.04 Å². The molecule has 23 heteroatoms. The first-order valence-electron chi connectivity index (χ1n) is 18.7. The zero-order valence-corrected chi connectivity index (χ0v) is 36.5. The van der Waals surface area contributed by atoms with Crippen LogP contribution in [0.1, 0.15) is 52.2 Å². The van der Waals surface area contributed by atoms with Gasteiger partial charge in [-0.05, 0) is 69.4 Å². The molecule has 4 rings (SSSR count). The van der Waals surface area contributed by atoms with Gasteiger partial charge in [0.25, 0.3) is 20.0 Å². The molecule has 1 heterocycles. The van der Waals surface area contributed by atoms with Crippen LogP contribution in [0.2, 0.25) is 0 Å². The molecule has 0 spiro atoms. The normalized spacial score (nSPS) is 13.5. The molecule has 4 aromatic rings. The molecule has 2 amide bonds. The van der Waals surface area contributed by atoms with Crippen LogP contribution in [0.25, 0.3) is 0 Å². The van der Waals surface area contributed by atoms with Crippen LogP contribution >= 0.6 is 11.3 Å². The minimum absolute atomic E-state index is 0.00677. The van der Waals surface area contributed by atoms with E-state index in [-0.39, 0.29) is 59.5 Å². The number of guanidine groups is 2. The van der Waals surface area contributed by atoms with Crippen LogP contribution in [0.3, 0.4) is 0 Å². The summed E-state index contributed by atoms with van der Waals surface area (Å²) in [4.78, 5) is 51.9. The highest BCUT2D eigenvalue weighted by Gasteiger charge is 2.27. The number of thiazole rings is 1. The number of benzene rings is 3. The first kappa shape index (κ1) is 47.9. The van der Waals surface area contributed by atoms with Crippen molar-refractivity contribution in [1.82, 2.24) is 29.8 Å². The van der Waals surface area contributed by atoms with Crippen molar-refractivity contribution in [2.24, 2.45) is 21.5 Å². The van der Waals surface area contributed by atoms with Gasteiger partial charge in [-0.3, -0.25) is 24.4 Å². The fourth-order valence-corrected chi connectivity index (χ4v) is 9.38. The van der Waals surface area contributed by atoms with Gasteiger partial charge in [0, 0.05) is 24.7 Å². The number of carbonyl (C=O) groups excluding carboxylic acids is 3. The molecule has 0 aliphatic heterocycles. The van der Waals surface area contributed by atoms with E-state index in [1.165, 1.54) is 30.5 Å². The van der Waals surface area contributed by atoms with E-state index in [1.807, 2.05) is 6.92 Å². The van der Waals surface area contributed by atoms with Crippen LogP contribution in [0, 0.1) is 13.8 Å². The standard InChI is InChI=1S/C38H48N10O9S4/c1-26-12-16-29(17-13-26)60(54,55)47-37(39)42-20-6-10-31(34(50)36-41-22-23-58-36)45-33(49)24-44-35(51)32(46-59(52,53)25-28-8-4-3-5-9-28)11-7-21-43-38(40)48-61(56,57)30-18-14-27(2)15-19-30/h3-5,8-9,12-19,22-23,31-32,46H,6-7,10-11,20-21,24-25H2,1-2H3,(H,44,51)(H,45,49)(H3,39,42,47)(H3,40,43,48)/t31-,32+/m0/s1. The number of hydrogen-bond acceptors (Lipinski definition) is 13. The Balaban J connectivity index is 1.37. The summed E-state index contributed by atoms with van der Waals surface area (Å²) < 4.78 is 83.7. The van der Waals surface area contributed by atoms with Crippen LogP contribution < -0.4 is 36.3 Å². The summed E-state index contributed by atoms with van der Waals surface area (Å²) in [5.74, 6) is -3.38. The lowest BCUT2D eigenvalue weighted by Crippen LogP contribution is -2.51. The zero-order valence-electron chi connectivity index (χ0n) is 33.3. The Hall–Kier alpha value is -5.75. The lowest BCUT2D eigenvalue weighted by atomic mass is 10.1. The van der Waals surface area contributed by atoms with Crippen molar-refractivity contribution in [2.45, 2.75) is 67.2 Å². The Kier molecular flexibility index (Phi) is 17.4. The maximum Gasteiger partial charge on any atom is 0.264 e. The third-order valence-corrected chi connectivity index (χ3v) is 13.4. The molecule has 0 bridgehead atoms. The molecule has 0 saturated heterocycles. The van der Waals surface area contributed by atoms with Gasteiger partial charge in [-0.1, -0.05) is 65.7 Å². The molecular weight excluding hydrogens is 869 g/mol. The topological polar surface area (TPSA) is 303 Å². The molecule has 3 aromatic carbocycles. The largest absolute Gasteiger partial charge is 0.369 e. The summed E-state index contributed by atoms with van der Waals surface area (Å²) in [6.45, 7) is 2.86. The van der Waals surface area contributed by atoms with Crippen LogP contribution in [-0.4, -0.2) is 91.5 Å². The van der Waals surface area contributed by atoms with Gasteiger partial charge in [0.2, 0.25) is 39.5 Å². The maximum absolute atomic E-state index is 13.4. The number of aryl methyl sites for hydroxylation is 2. The number of nitrogens with zero attached hydrogens (tertiary/aromatic N) is 3. The van der Waals surface area contributed by atoms with Crippen LogP contribution in [0.15, 0.2) is 110 Å². The highest BCUT2D eigenvalue weighted by atomic mass is 32.2. The van der Waals surface area contributed by atoms with E-state index < -0.39 is 78.0 Å². The number of carbonyl (C=O) groups is 3. The number of nitrogens with one attached hydrogen (secondary N) is 5. The second-order valence-electron chi connectivity index (χ2n) is 13.6. The molecule has 0 unspecified atom stereocenters. The van der Waals surface area contributed by atoms with Crippen molar-refractivity contribution in [3.63, 3.8) is 0 Å². The molecule has 61 heavy (non-hydrogen) atoms. The van der Waals surface area contributed by atoms with E-state index in [4.69, 9.17) is 11.5 Å². The monoisotopic (exact) mass is 916 g/mol. The molecule has 0 radical (unpaired) electrons. The number of aliphatic imine (C=N–C) groups is 2. The van der Waals surface area contributed by atoms with Crippen molar-refractivity contribution in [1.29, 1.82) is 0 Å². The highest BCUT2D eigenvalue weighted by molar-refractivity contribution is 7.90. The smallest absolute Gasteiger partial charge is 0.264 e. The summed E-state index contributed by atoms with van der Waals surface area (Å²) in [5, 5.41) is 6.69. The van der Waals surface area contributed by atoms with E-state index >= 15 is 0 Å². The Morgan fingerprint density at radius 3 is 1.72 bits per heavy atom. The first-order chi connectivity index (χ1) is 28.8. The Morgan fingerprint density at radius 1 is 0.721 bits per heavy atom. The second kappa shape index (κ2) is 22.2. The highest BCUT2D eigenvalue weighted by Crippen LogP contribution is 2.14. The summed E-state index contributed by atoms with van der Waals surface area (Å²) in [6, 6.07) is 17.9. The number of hydrogen-bond donors (Lipinski definition) is 7. The predicted octanol–water partition coefficient (Wildman–Crippen LogP) is 1.18. The summed E-state index contributed by atoms with van der Waals surface area (Å²) in [7, 11) is -12.1. The molecule has 328 valence electrons. The number of amides is 2. The molecule has 19 nitrogen and oxygen atoms in total. The number of sulfonamides is 3. The molecule has 0 aliphatic rings. The number of rotatable bonds is 22. The summed E-state index contributed by atoms with van der Waals surface area (Å²) in [6.07, 6.45) is 1.57. The molecule has 2 atom stereocenters. The number of Topliss-reactive ketones (excluding diaryl/α,β-unsaturated/α-hetero) is 1. The van der Waals surface area contributed by atoms with Crippen molar-refractivity contribution in [3.05, 3.63) is 112 Å². The van der Waals surface area contributed by atoms with Crippen LogP contribution in [-0.2, 0) is 45.4 Å². The molecule has 1 aromatic heterocycles. The predicted molar refractivity (Wildman–Crippen MR) is 232 cm³/mol. The molecule has 9 N–H and O–H groups in total. The number of aromatic nitrogens is 1. The average molecular weight is 917 g/mol. The molecule has 0 saturated carbocycles. The van der Waals surface area contributed by atoms with Gasteiger partial charge >= 0.3 is 0 Å². The summed E-state index contributed by atoms with van der Waals surface area (Å²) in [5.41, 5.74) is 13.8. The van der Waals surface area contributed by atoms with Crippen molar-refractivity contribution in [2.75, 3.05) is 19.6 Å². The first-order valence-corrected chi connectivity index (χ1v) is 24.2. The molecule has 0 aliphatic carbocycles. The van der Waals surface area contributed by atoms with Gasteiger partial charge in [0.15, 0.2) is 5.01 Å². The maximum atomic E-state index is 13.4. The number of ketones is 1. The van der Waals surface area contributed by atoms with E-state index in [2.05, 4.69) is 39.8 Å². The third-order valence-electron chi connectivity index (χ3n) is 8.56. The Bertz CT molecular complexity index is 2500. The molecular formula is C38H48N10O9S4. The summed E-state index contributed by atoms with van der Waals surface area (Å²) >= 11 is 1.05. The van der Waals surface area contributed by atoms with E-state index in [0.717, 1.165) is 22.5 Å². The van der Waals surface area contributed by atoms with Gasteiger partial charge < -0.3 is 22.1 Å². The van der Waals surface area contributed by atoms with Crippen molar-refractivity contribution < 1.29 is 39.6 Å². The van der Waals surface area contributed by atoms with E-state index in [9.17, 15) is 39.6 Å². The third kappa shape index (κ3) is 16.0. The van der Waals surface area contributed by atoms with Crippen LogP contribution in [0.4, 0.5) is 0 Å². The Morgan fingerprint density at radius 2 is 1.23 bits per heavy atom. The Labute approximate surface area is 359 Å². The molecule has 0 fully saturated rings. The van der Waals surface area contributed by atoms with E-state index in [0.29, 0.717) is 5.56 Å². The van der Waals surface area contributed by atoms with Crippen LogP contribution in [0.5, 0.6) is 0 Å². The fraction of sp³-hybridized carbons (Fsp3) is 0.316. The number of nitrogens with two attached hydrogens (primary N) is 2. The zero-order chi connectivity index (χ0) is 44.6. The lowest BCUT2D eigenvalue weighted by Gasteiger charge is -2.20. The van der Waals surface area contributed by atoms with Crippen molar-refractivity contribution >= 4 is 70.9 Å². The van der Waals surface area contributed by atoms with Gasteiger partial charge in [-0.2, -0.15) is 0 Å². The second-order valence-corrected chi connectivity index (χ2v) is 19.6. The fourth-order valence-electron chi connectivity index (χ4n) is 5.48. The van der Waals surface area contributed by atoms with Gasteiger partial charge in [0.05, 0.1) is 28.1 Å². The SMILES string of the molecule is Cc1ccc(S(=O)(=O)NC(N)=NCCC[C@H](NC(=O)CNC(=O)[C@@H](CCCN=C(N)NS(=O)(=O)c2ccc(C)cc2)NS(=O)(=O)Cc2ccccc2)C(=O)c2nccs2)cc1. The minimum atomic E-state index is -4.10. The van der Waals surface area contributed by atoms with Gasteiger partial charge in [-0.25, -0.2) is 44.4 Å². The quantitative estimate of drug-likeness (QED) is 0.0253. The average Bonchev–Trinajstić information content (AvgIpc) is 3.74. The lowest BCUT2D eigenvalue weighted by molar-refractivity contribution is -0.127. The van der Waals surface area contributed by atoms with E-state index in [1.54, 1.807) is 66.9 Å². The minimum Gasteiger partial charge on any atom is -0.369 e. The van der Waals surface area contributed by atoms with Gasteiger partial charge in [-0.15, -0.1) is 11.3 Å². The van der Waals surface area contributed by atoms with Crippen molar-refractivity contribution in [3.8, 4) is 0 Å².